The Hall–Kier alpha value is -0.0800. The Kier molecular flexibility index (Phi) is 11.0. The van der Waals surface area contributed by atoms with Crippen LogP contribution in [0, 0.1) is 0 Å². The van der Waals surface area contributed by atoms with Gasteiger partial charge >= 0.3 is 0 Å². The van der Waals surface area contributed by atoms with Crippen LogP contribution in [0.5, 0.6) is 0 Å². The summed E-state index contributed by atoms with van der Waals surface area (Å²) in [5, 5.41) is 10.8. The number of nitrogens with zero attached hydrogens (tertiary/aromatic N) is 1. The average Bonchev–Trinajstić information content (AvgIpc) is 2.31. The second kappa shape index (κ2) is 11.0. The maximum absolute atomic E-state index is 10.8. The van der Waals surface area contributed by atoms with Crippen molar-refractivity contribution in [1.29, 1.82) is 0 Å². The molecule has 0 aliphatic carbocycles. The summed E-state index contributed by atoms with van der Waals surface area (Å²) in [6, 6.07) is 0. The fourth-order valence-electron chi connectivity index (χ4n) is 2.09. The van der Waals surface area contributed by atoms with Crippen molar-refractivity contribution in [3.05, 3.63) is 0 Å². The summed E-state index contributed by atoms with van der Waals surface area (Å²) in [4.78, 5) is 0. The van der Waals surface area contributed by atoms with E-state index in [9.17, 15) is 5.11 Å². The molecule has 0 heterocycles. The predicted molar refractivity (Wildman–Crippen MR) is 73.7 cm³/mol. The maximum atomic E-state index is 10.8. The van der Waals surface area contributed by atoms with Gasteiger partial charge < -0.3 is 9.59 Å². The first-order valence-corrected chi connectivity index (χ1v) is 7.52. The van der Waals surface area contributed by atoms with Crippen molar-refractivity contribution in [2.45, 2.75) is 71.1 Å². The third-order valence-electron chi connectivity index (χ3n) is 3.47. The monoisotopic (exact) mass is 243 g/mol. The van der Waals surface area contributed by atoms with Gasteiger partial charge in [0.15, 0.2) is 0 Å². The first-order valence-electron chi connectivity index (χ1n) is 7.52. The second-order valence-electron chi connectivity index (χ2n) is 5.97. The van der Waals surface area contributed by atoms with Gasteiger partial charge in [-0.05, 0) is 12.8 Å². The molecule has 0 N–H and O–H groups in total. The second-order valence-corrected chi connectivity index (χ2v) is 5.97. The third kappa shape index (κ3) is 12.2. The molecular formula is C15H33NO. The van der Waals surface area contributed by atoms with Crippen LogP contribution in [0.3, 0.4) is 0 Å². The van der Waals surface area contributed by atoms with E-state index in [1.807, 2.05) is 14.1 Å². The molecule has 0 radical (unpaired) electrons. The highest BCUT2D eigenvalue weighted by Gasteiger charge is 2.07. The Labute approximate surface area is 109 Å². The lowest BCUT2D eigenvalue weighted by atomic mass is 10.1. The first-order chi connectivity index (χ1) is 8.12. The molecule has 0 aliphatic heterocycles. The van der Waals surface area contributed by atoms with E-state index in [1.165, 1.54) is 64.2 Å². The highest BCUT2D eigenvalue weighted by Crippen LogP contribution is 2.11. The summed E-state index contributed by atoms with van der Waals surface area (Å²) in [6.45, 7) is 3.32. The SMILES string of the molecule is CCCCCCCCCCCC[N+](C)(C)C[O-]. The highest BCUT2D eigenvalue weighted by molar-refractivity contribution is 4.47. The Morgan fingerprint density at radius 2 is 1.12 bits per heavy atom. The van der Waals surface area contributed by atoms with E-state index in [0.717, 1.165) is 6.54 Å². The van der Waals surface area contributed by atoms with Crippen molar-refractivity contribution >= 4 is 0 Å². The van der Waals surface area contributed by atoms with Crippen molar-refractivity contribution in [3.8, 4) is 0 Å². The summed E-state index contributed by atoms with van der Waals surface area (Å²) < 4.78 is 0.636. The molecule has 0 rings (SSSR count). The summed E-state index contributed by atoms with van der Waals surface area (Å²) in [5.74, 6) is 0. The van der Waals surface area contributed by atoms with Crippen LogP contribution in [0.15, 0.2) is 0 Å². The molecule has 0 atom stereocenters. The molecule has 0 saturated heterocycles. The van der Waals surface area contributed by atoms with Crippen molar-refractivity contribution in [2.75, 3.05) is 27.4 Å². The minimum absolute atomic E-state index is 0.0113. The van der Waals surface area contributed by atoms with Crippen LogP contribution in [0.2, 0.25) is 0 Å². The normalized spacial score (nSPS) is 12.0. The van der Waals surface area contributed by atoms with E-state index in [0.29, 0.717) is 4.48 Å². The quantitative estimate of drug-likeness (QED) is 0.293. The number of rotatable bonds is 12. The third-order valence-corrected chi connectivity index (χ3v) is 3.47. The van der Waals surface area contributed by atoms with Crippen molar-refractivity contribution in [2.24, 2.45) is 0 Å². The van der Waals surface area contributed by atoms with E-state index in [4.69, 9.17) is 0 Å². The lowest BCUT2D eigenvalue weighted by molar-refractivity contribution is -0.951. The number of hydrogen-bond donors (Lipinski definition) is 0. The van der Waals surface area contributed by atoms with Gasteiger partial charge in [0.05, 0.1) is 20.6 Å². The fraction of sp³-hybridized carbons (Fsp3) is 1.00. The molecule has 0 spiro atoms. The molecule has 0 fully saturated rings. The number of quaternary nitrogens is 1. The molecule has 0 aromatic heterocycles. The van der Waals surface area contributed by atoms with Crippen LogP contribution < -0.4 is 5.11 Å². The molecule has 2 heteroatoms. The summed E-state index contributed by atoms with van der Waals surface area (Å²) >= 11 is 0. The zero-order valence-electron chi connectivity index (χ0n) is 12.3. The molecule has 2 nitrogen and oxygen atoms in total. The van der Waals surface area contributed by atoms with Gasteiger partial charge in [-0.3, -0.25) is 0 Å². The zero-order chi connectivity index (χ0) is 13.0. The average molecular weight is 243 g/mol. The van der Waals surface area contributed by atoms with Crippen LogP contribution in [0.1, 0.15) is 71.1 Å². The Morgan fingerprint density at radius 3 is 1.53 bits per heavy atom. The first kappa shape index (κ1) is 16.9. The summed E-state index contributed by atoms with van der Waals surface area (Å²) in [5.41, 5.74) is 0. The van der Waals surface area contributed by atoms with Crippen LogP contribution in [-0.2, 0) is 0 Å². The smallest absolute Gasteiger partial charge is 0.0772 e. The fourth-order valence-corrected chi connectivity index (χ4v) is 2.09. The van der Waals surface area contributed by atoms with Gasteiger partial charge in [0.25, 0.3) is 0 Å². The van der Waals surface area contributed by atoms with E-state index in [2.05, 4.69) is 6.92 Å². The Bertz CT molecular complexity index is 157. The standard InChI is InChI=1S/C15H33NO/c1-4-5-6-7-8-9-10-11-12-13-14-16(2,3)15-17/h4-15H2,1-3H3. The van der Waals surface area contributed by atoms with Gasteiger partial charge in [-0.2, -0.15) is 0 Å². The topological polar surface area (TPSA) is 23.1 Å². The van der Waals surface area contributed by atoms with Gasteiger partial charge in [-0.25, -0.2) is 0 Å². The van der Waals surface area contributed by atoms with Crippen molar-refractivity contribution in [3.63, 3.8) is 0 Å². The van der Waals surface area contributed by atoms with Crippen molar-refractivity contribution < 1.29 is 9.59 Å². The molecule has 0 aromatic carbocycles. The largest absolute Gasteiger partial charge is 0.809 e. The molecule has 104 valence electrons. The van der Waals surface area contributed by atoms with Gasteiger partial charge in [0.1, 0.15) is 0 Å². The van der Waals surface area contributed by atoms with Gasteiger partial charge in [0, 0.05) is 6.73 Å². The Balaban J connectivity index is 3.09. The lowest BCUT2D eigenvalue weighted by Crippen LogP contribution is -2.46. The van der Waals surface area contributed by atoms with Gasteiger partial charge in [0.2, 0.25) is 0 Å². The minimum atomic E-state index is 0.0113. The molecule has 0 unspecified atom stereocenters. The molecule has 17 heavy (non-hydrogen) atoms. The summed E-state index contributed by atoms with van der Waals surface area (Å²) in [7, 11) is 4.06. The molecule has 0 aromatic rings. The van der Waals surface area contributed by atoms with Crippen LogP contribution in [-0.4, -0.2) is 31.9 Å². The number of unbranched alkanes of at least 4 members (excludes halogenated alkanes) is 9. The Morgan fingerprint density at radius 1 is 0.706 bits per heavy atom. The van der Waals surface area contributed by atoms with E-state index >= 15 is 0 Å². The minimum Gasteiger partial charge on any atom is -0.809 e. The van der Waals surface area contributed by atoms with Crippen molar-refractivity contribution in [1.82, 2.24) is 0 Å². The molecule has 0 amide bonds. The van der Waals surface area contributed by atoms with Crippen LogP contribution in [0.25, 0.3) is 0 Å². The van der Waals surface area contributed by atoms with Crippen LogP contribution in [0.4, 0.5) is 0 Å². The van der Waals surface area contributed by atoms with Crippen LogP contribution >= 0.6 is 0 Å². The zero-order valence-corrected chi connectivity index (χ0v) is 12.3. The van der Waals surface area contributed by atoms with Gasteiger partial charge in [-0.1, -0.05) is 58.3 Å². The van der Waals surface area contributed by atoms with Gasteiger partial charge in [-0.15, -0.1) is 0 Å². The molecule has 0 bridgehead atoms. The molecule has 0 aliphatic rings. The summed E-state index contributed by atoms with van der Waals surface area (Å²) in [6.07, 6.45) is 13.7. The predicted octanol–water partition coefficient (Wildman–Crippen LogP) is 3.30. The van der Waals surface area contributed by atoms with E-state index < -0.39 is 0 Å². The molecule has 0 saturated carbocycles. The van der Waals surface area contributed by atoms with E-state index in [1.54, 1.807) is 0 Å². The highest BCUT2D eigenvalue weighted by atomic mass is 16.3. The lowest BCUT2D eigenvalue weighted by Gasteiger charge is -2.32. The van der Waals surface area contributed by atoms with E-state index in [-0.39, 0.29) is 6.73 Å². The maximum Gasteiger partial charge on any atom is 0.0772 e. The molecular weight excluding hydrogens is 210 g/mol. The number of hydrogen-bond acceptors (Lipinski definition) is 1.